The molecule has 10 aromatic carbocycles. The first-order valence-electron chi connectivity index (χ1n) is 20.5. The van der Waals surface area contributed by atoms with Gasteiger partial charge in [-0.15, -0.1) is 0 Å². The van der Waals surface area contributed by atoms with E-state index in [0.717, 1.165) is 55.7 Å². The summed E-state index contributed by atoms with van der Waals surface area (Å²) in [5, 5.41) is 12.3. The Morgan fingerprint density at radius 1 is 0.283 bits per heavy atom. The van der Waals surface area contributed by atoms with Gasteiger partial charge in [0.15, 0.2) is 0 Å². The van der Waals surface area contributed by atoms with Crippen molar-refractivity contribution in [2.75, 3.05) is 0 Å². The molecule has 278 valence electrons. The molecule has 0 atom stereocenters. The van der Waals surface area contributed by atoms with Crippen molar-refractivity contribution in [3.05, 3.63) is 206 Å². The van der Waals surface area contributed by atoms with E-state index in [1.54, 1.807) is 0 Å². The summed E-state index contributed by atoms with van der Waals surface area (Å²) in [4.78, 5) is 10.3. The minimum atomic E-state index is 0.882. The van der Waals surface area contributed by atoms with Crippen LogP contribution >= 0.6 is 0 Å². The molecule has 0 saturated carbocycles. The van der Waals surface area contributed by atoms with Gasteiger partial charge in [-0.2, -0.15) is 0 Å². The second-order valence-electron chi connectivity index (χ2n) is 15.8. The van der Waals surface area contributed by atoms with E-state index in [9.17, 15) is 0 Å². The zero-order chi connectivity index (χ0) is 39.3. The van der Waals surface area contributed by atoms with E-state index in [4.69, 9.17) is 9.97 Å². The monoisotopic (exact) mass is 762 g/mol. The molecule has 0 radical (unpaired) electrons. The molecule has 0 N–H and O–H groups in total. The number of hydrogen-bond donors (Lipinski definition) is 0. The lowest BCUT2D eigenvalue weighted by Crippen LogP contribution is -1.97. The van der Waals surface area contributed by atoms with Gasteiger partial charge in [-0.3, -0.25) is 0 Å². The van der Waals surface area contributed by atoms with Gasteiger partial charge in [0.25, 0.3) is 0 Å². The standard InChI is InChI=1S/C56H34N4/c1-2-13-36(14-3-1)55-56(58-49-20-10-9-19-48(49)57-55)41-23-22-40-31-42(26-24-39(40)30-41)60-51-29-27-43(34-47(51)46-32-37-15-4-5-16-38(37)33-53(46)60)59-50-21-11-8-18-45(50)54-44-17-7-6-12-35(44)25-28-52(54)59/h1-34H. The number of hydrogen-bond acceptors (Lipinski definition) is 2. The van der Waals surface area contributed by atoms with Crippen LogP contribution in [0.5, 0.6) is 0 Å². The number of nitrogens with zero attached hydrogens (tertiary/aromatic N) is 4. The van der Waals surface area contributed by atoms with E-state index in [-0.39, 0.29) is 0 Å². The Morgan fingerprint density at radius 3 is 1.65 bits per heavy atom. The Morgan fingerprint density at radius 2 is 0.817 bits per heavy atom. The fourth-order valence-corrected chi connectivity index (χ4v) is 9.65. The van der Waals surface area contributed by atoms with Crippen molar-refractivity contribution in [3.63, 3.8) is 0 Å². The molecule has 0 unspecified atom stereocenters. The van der Waals surface area contributed by atoms with Gasteiger partial charge in [-0.05, 0) is 105 Å². The average molecular weight is 763 g/mol. The molecule has 4 nitrogen and oxygen atoms in total. The summed E-state index contributed by atoms with van der Waals surface area (Å²) in [5.74, 6) is 0. The van der Waals surface area contributed by atoms with E-state index in [2.05, 4.69) is 185 Å². The molecule has 0 fully saturated rings. The van der Waals surface area contributed by atoms with Gasteiger partial charge in [0.1, 0.15) is 0 Å². The summed E-state index contributed by atoms with van der Waals surface area (Å²) < 4.78 is 4.88. The van der Waals surface area contributed by atoms with Crippen LogP contribution in [0.1, 0.15) is 0 Å². The maximum Gasteiger partial charge on any atom is 0.0973 e. The maximum atomic E-state index is 5.18. The number of benzene rings is 10. The van der Waals surface area contributed by atoms with Crippen molar-refractivity contribution in [3.8, 4) is 33.9 Å². The molecule has 0 amide bonds. The smallest absolute Gasteiger partial charge is 0.0973 e. The predicted octanol–water partition coefficient (Wildman–Crippen LogP) is 14.6. The fourth-order valence-electron chi connectivity index (χ4n) is 9.65. The third-order valence-electron chi connectivity index (χ3n) is 12.4. The van der Waals surface area contributed by atoms with Gasteiger partial charge >= 0.3 is 0 Å². The lowest BCUT2D eigenvalue weighted by Gasteiger charge is -2.13. The molecule has 3 aromatic heterocycles. The summed E-state index contributed by atoms with van der Waals surface area (Å²) in [5.41, 5.74) is 12.7. The van der Waals surface area contributed by atoms with Crippen LogP contribution in [0.3, 0.4) is 0 Å². The van der Waals surface area contributed by atoms with Crippen LogP contribution in [-0.2, 0) is 0 Å². The van der Waals surface area contributed by atoms with E-state index in [1.807, 2.05) is 30.3 Å². The molecule has 13 aromatic rings. The van der Waals surface area contributed by atoms with E-state index in [1.165, 1.54) is 65.2 Å². The van der Waals surface area contributed by atoms with E-state index >= 15 is 0 Å². The normalized spacial score (nSPS) is 12.0. The molecule has 60 heavy (non-hydrogen) atoms. The predicted molar refractivity (Wildman–Crippen MR) is 252 cm³/mol. The highest BCUT2D eigenvalue weighted by Crippen LogP contribution is 2.41. The maximum absolute atomic E-state index is 5.18. The van der Waals surface area contributed by atoms with Gasteiger partial charge in [-0.25, -0.2) is 9.97 Å². The Balaban J connectivity index is 1.01. The minimum absolute atomic E-state index is 0.882. The van der Waals surface area contributed by atoms with Crippen LogP contribution in [-0.4, -0.2) is 19.1 Å². The van der Waals surface area contributed by atoms with Crippen molar-refractivity contribution in [2.24, 2.45) is 0 Å². The van der Waals surface area contributed by atoms with Crippen LogP contribution in [0.25, 0.3) is 121 Å². The highest BCUT2D eigenvalue weighted by molar-refractivity contribution is 6.22. The van der Waals surface area contributed by atoms with Crippen LogP contribution in [0.2, 0.25) is 0 Å². The molecule has 0 aliphatic heterocycles. The number of fused-ring (bicyclic) bond motifs is 11. The van der Waals surface area contributed by atoms with Crippen molar-refractivity contribution in [1.82, 2.24) is 19.1 Å². The molecular formula is C56H34N4. The SMILES string of the molecule is c1ccc(-c2nc3ccccc3nc2-c2ccc3cc(-n4c5ccc(-n6c7ccccc7c7c8ccccc8ccc76)cc5c5cc6ccccc6cc54)ccc3c2)cc1. The summed E-state index contributed by atoms with van der Waals surface area (Å²) in [7, 11) is 0. The largest absolute Gasteiger partial charge is 0.309 e. The Kier molecular flexibility index (Phi) is 6.98. The van der Waals surface area contributed by atoms with Crippen molar-refractivity contribution in [2.45, 2.75) is 0 Å². The average Bonchev–Trinajstić information content (AvgIpc) is 3.82. The molecule has 0 aliphatic carbocycles. The summed E-state index contributed by atoms with van der Waals surface area (Å²) >= 11 is 0. The highest BCUT2D eigenvalue weighted by atomic mass is 15.0. The lowest BCUT2D eigenvalue weighted by atomic mass is 10.00. The van der Waals surface area contributed by atoms with E-state index < -0.39 is 0 Å². The lowest BCUT2D eigenvalue weighted by molar-refractivity contribution is 1.17. The Bertz CT molecular complexity index is 3890. The minimum Gasteiger partial charge on any atom is -0.309 e. The van der Waals surface area contributed by atoms with E-state index in [0.29, 0.717) is 0 Å². The van der Waals surface area contributed by atoms with Crippen LogP contribution in [0, 0.1) is 0 Å². The topological polar surface area (TPSA) is 35.6 Å². The van der Waals surface area contributed by atoms with Gasteiger partial charge in [0, 0.05) is 44.0 Å². The summed E-state index contributed by atoms with van der Waals surface area (Å²) in [6.45, 7) is 0. The quantitative estimate of drug-likeness (QED) is 0.179. The van der Waals surface area contributed by atoms with Crippen LogP contribution < -0.4 is 0 Å². The van der Waals surface area contributed by atoms with Crippen LogP contribution in [0.15, 0.2) is 206 Å². The van der Waals surface area contributed by atoms with Crippen LogP contribution in [0.4, 0.5) is 0 Å². The zero-order valence-electron chi connectivity index (χ0n) is 32.4. The van der Waals surface area contributed by atoms with Crippen molar-refractivity contribution >= 4 is 87.0 Å². The number of rotatable bonds is 4. The molecule has 3 heterocycles. The third kappa shape index (κ3) is 4.91. The molecule has 4 heteroatoms. The number of aromatic nitrogens is 4. The van der Waals surface area contributed by atoms with Gasteiger partial charge in [-0.1, -0.05) is 133 Å². The second-order valence-corrected chi connectivity index (χ2v) is 15.8. The molecule has 0 saturated heterocycles. The summed E-state index contributed by atoms with van der Waals surface area (Å²) in [6.07, 6.45) is 0. The first-order valence-corrected chi connectivity index (χ1v) is 20.5. The Labute approximate surface area is 344 Å². The zero-order valence-corrected chi connectivity index (χ0v) is 32.4. The van der Waals surface area contributed by atoms with Gasteiger partial charge < -0.3 is 9.13 Å². The molecule has 0 aliphatic rings. The third-order valence-corrected chi connectivity index (χ3v) is 12.4. The van der Waals surface area contributed by atoms with Gasteiger partial charge in [0.2, 0.25) is 0 Å². The molecular weight excluding hydrogens is 729 g/mol. The first kappa shape index (κ1) is 32.9. The second kappa shape index (κ2) is 12.7. The van der Waals surface area contributed by atoms with Gasteiger partial charge in [0.05, 0.1) is 44.5 Å². The highest BCUT2D eigenvalue weighted by Gasteiger charge is 2.19. The molecule has 13 rings (SSSR count). The molecule has 0 spiro atoms. The van der Waals surface area contributed by atoms with Crippen molar-refractivity contribution < 1.29 is 0 Å². The first-order chi connectivity index (χ1) is 29.7. The summed E-state index contributed by atoms with van der Waals surface area (Å²) in [6, 6.07) is 74.5. The Hall–Kier alpha value is -8.08. The molecule has 0 bridgehead atoms. The fraction of sp³-hybridized carbons (Fsp3) is 0. The number of para-hydroxylation sites is 3. The van der Waals surface area contributed by atoms with Crippen molar-refractivity contribution in [1.29, 1.82) is 0 Å².